The second kappa shape index (κ2) is 5.67. The Labute approximate surface area is 106 Å². The van der Waals surface area contributed by atoms with Crippen LogP contribution in [0, 0.1) is 6.92 Å². The number of hydrogen-bond donors (Lipinski definition) is 0. The molecule has 0 saturated heterocycles. The third-order valence-corrected chi connectivity index (χ3v) is 3.29. The maximum atomic E-state index is 11.9. The molecule has 1 nitrogen and oxygen atoms in total. The zero-order valence-electron chi connectivity index (χ0n) is 9.27. The molecule has 1 rings (SSSR count). The molecule has 5 heteroatoms. The summed E-state index contributed by atoms with van der Waals surface area (Å²) in [6.07, 6.45) is -5.33. The van der Waals surface area contributed by atoms with E-state index in [1.54, 1.807) is 25.1 Å². The Balaban J connectivity index is 2.62. The molecule has 0 spiro atoms. The Bertz CT molecular complexity index is 413. The van der Waals surface area contributed by atoms with Gasteiger partial charge in [0.15, 0.2) is 5.78 Å². The fourth-order valence-corrected chi connectivity index (χ4v) is 1.86. The van der Waals surface area contributed by atoms with Crippen LogP contribution in [0.5, 0.6) is 0 Å². The van der Waals surface area contributed by atoms with Crippen LogP contribution in [0.4, 0.5) is 13.2 Å². The molecule has 1 aromatic rings. The molecule has 0 heterocycles. The van der Waals surface area contributed by atoms with Gasteiger partial charge in [0, 0.05) is 22.9 Å². The van der Waals surface area contributed by atoms with Crippen LogP contribution in [0.25, 0.3) is 0 Å². The lowest BCUT2D eigenvalue weighted by atomic mass is 10.0. The monoisotopic (exact) mass is 308 g/mol. The van der Waals surface area contributed by atoms with Crippen LogP contribution < -0.4 is 0 Å². The van der Waals surface area contributed by atoms with Gasteiger partial charge in [-0.2, -0.15) is 13.2 Å². The molecule has 0 aliphatic heterocycles. The molecule has 0 aliphatic rings. The van der Waals surface area contributed by atoms with Gasteiger partial charge in [0.1, 0.15) is 0 Å². The summed E-state index contributed by atoms with van der Waals surface area (Å²) < 4.78 is 36.6. The summed E-state index contributed by atoms with van der Waals surface area (Å²) >= 11 is 3.28. The second-order valence-corrected chi connectivity index (χ2v) is 4.66. The Kier molecular flexibility index (Phi) is 4.74. The highest BCUT2D eigenvalue weighted by Gasteiger charge is 2.26. The predicted octanol–water partition coefficient (Wildman–Crippen LogP) is 4.67. The van der Waals surface area contributed by atoms with Crippen molar-refractivity contribution in [2.75, 3.05) is 0 Å². The van der Waals surface area contributed by atoms with Crippen LogP contribution >= 0.6 is 15.9 Å². The van der Waals surface area contributed by atoms with Gasteiger partial charge in [0.05, 0.1) is 0 Å². The first-order valence-electron chi connectivity index (χ1n) is 5.16. The van der Waals surface area contributed by atoms with Crippen LogP contribution in [0.15, 0.2) is 22.7 Å². The van der Waals surface area contributed by atoms with Crippen LogP contribution in [0.2, 0.25) is 0 Å². The fourth-order valence-electron chi connectivity index (χ4n) is 1.49. The van der Waals surface area contributed by atoms with Gasteiger partial charge >= 0.3 is 6.18 Å². The van der Waals surface area contributed by atoms with E-state index in [1.165, 1.54) is 0 Å². The van der Waals surface area contributed by atoms with Crippen LogP contribution in [0.3, 0.4) is 0 Å². The summed E-state index contributed by atoms with van der Waals surface area (Å²) in [5.41, 5.74) is 1.26. The van der Waals surface area contributed by atoms with Crippen molar-refractivity contribution in [3.8, 4) is 0 Å². The minimum absolute atomic E-state index is 0.0726. The summed E-state index contributed by atoms with van der Waals surface area (Å²) in [4.78, 5) is 11.7. The fraction of sp³-hybridized carbons (Fsp3) is 0.417. The van der Waals surface area contributed by atoms with E-state index in [4.69, 9.17) is 0 Å². The molecule has 17 heavy (non-hydrogen) atoms. The Morgan fingerprint density at radius 3 is 2.59 bits per heavy atom. The SMILES string of the molecule is Cc1c(Br)cccc1C(=O)CCCC(F)(F)F. The molecule has 0 amide bonds. The normalized spacial score (nSPS) is 11.6. The van der Waals surface area contributed by atoms with Crippen LogP contribution in [-0.2, 0) is 0 Å². The minimum Gasteiger partial charge on any atom is -0.294 e. The van der Waals surface area contributed by atoms with Crippen molar-refractivity contribution in [3.05, 3.63) is 33.8 Å². The van der Waals surface area contributed by atoms with E-state index in [1.807, 2.05) is 0 Å². The van der Waals surface area contributed by atoms with Gasteiger partial charge in [0.25, 0.3) is 0 Å². The van der Waals surface area contributed by atoms with E-state index < -0.39 is 12.6 Å². The van der Waals surface area contributed by atoms with Crippen molar-refractivity contribution in [2.45, 2.75) is 32.4 Å². The highest BCUT2D eigenvalue weighted by molar-refractivity contribution is 9.10. The van der Waals surface area contributed by atoms with Crippen molar-refractivity contribution < 1.29 is 18.0 Å². The molecule has 0 aromatic heterocycles. The number of hydrogen-bond acceptors (Lipinski definition) is 1. The molecule has 0 atom stereocenters. The number of Topliss-reactive ketones (excluding diaryl/α,β-unsaturated/α-hetero) is 1. The molecule has 0 unspecified atom stereocenters. The quantitative estimate of drug-likeness (QED) is 0.739. The maximum absolute atomic E-state index is 11.9. The van der Waals surface area contributed by atoms with Gasteiger partial charge in [-0.1, -0.05) is 28.1 Å². The molecular formula is C12H12BrF3O. The largest absolute Gasteiger partial charge is 0.389 e. The lowest BCUT2D eigenvalue weighted by molar-refractivity contribution is -0.135. The summed E-state index contributed by atoms with van der Waals surface area (Å²) in [6, 6.07) is 5.13. The summed E-state index contributed by atoms with van der Waals surface area (Å²) in [6.45, 7) is 1.76. The zero-order valence-corrected chi connectivity index (χ0v) is 10.9. The van der Waals surface area contributed by atoms with E-state index in [9.17, 15) is 18.0 Å². The van der Waals surface area contributed by atoms with Crippen molar-refractivity contribution >= 4 is 21.7 Å². The average Bonchev–Trinajstić information content (AvgIpc) is 2.20. The number of rotatable bonds is 4. The smallest absolute Gasteiger partial charge is 0.294 e. The van der Waals surface area contributed by atoms with E-state index in [0.717, 1.165) is 10.0 Å². The zero-order chi connectivity index (χ0) is 13.1. The lowest BCUT2D eigenvalue weighted by Gasteiger charge is -2.08. The van der Waals surface area contributed by atoms with Gasteiger partial charge in [-0.15, -0.1) is 0 Å². The van der Waals surface area contributed by atoms with Crippen molar-refractivity contribution in [1.29, 1.82) is 0 Å². The third-order valence-electron chi connectivity index (χ3n) is 2.43. The molecule has 0 radical (unpaired) electrons. The molecule has 0 saturated carbocycles. The first-order valence-corrected chi connectivity index (χ1v) is 5.95. The molecule has 94 valence electrons. The summed E-state index contributed by atoms with van der Waals surface area (Å²) in [5, 5.41) is 0. The number of alkyl halides is 3. The van der Waals surface area contributed by atoms with Gasteiger partial charge in [-0.25, -0.2) is 0 Å². The molecule has 0 aliphatic carbocycles. The third kappa shape index (κ3) is 4.50. The number of carbonyl (C=O) groups excluding carboxylic acids is 1. The van der Waals surface area contributed by atoms with Crippen molar-refractivity contribution in [2.24, 2.45) is 0 Å². The first-order chi connectivity index (χ1) is 7.81. The van der Waals surface area contributed by atoms with Gasteiger partial charge in [0.2, 0.25) is 0 Å². The molecule has 1 aromatic carbocycles. The lowest BCUT2D eigenvalue weighted by Crippen LogP contribution is -2.09. The van der Waals surface area contributed by atoms with Crippen molar-refractivity contribution in [1.82, 2.24) is 0 Å². The number of halogens is 4. The Morgan fingerprint density at radius 2 is 2.00 bits per heavy atom. The number of benzene rings is 1. The van der Waals surface area contributed by atoms with Crippen molar-refractivity contribution in [3.63, 3.8) is 0 Å². The molecule has 0 bridgehead atoms. The maximum Gasteiger partial charge on any atom is 0.389 e. The van der Waals surface area contributed by atoms with E-state index in [-0.39, 0.29) is 18.6 Å². The van der Waals surface area contributed by atoms with E-state index >= 15 is 0 Å². The predicted molar refractivity (Wildman–Crippen MR) is 63.1 cm³/mol. The summed E-state index contributed by atoms with van der Waals surface area (Å²) in [5.74, 6) is -0.243. The minimum atomic E-state index is -4.19. The highest BCUT2D eigenvalue weighted by atomic mass is 79.9. The standard InChI is InChI=1S/C12H12BrF3O/c1-8-9(4-2-5-10(8)13)11(17)6-3-7-12(14,15)16/h2,4-5H,3,6-7H2,1H3. The first kappa shape index (κ1) is 14.2. The molecule has 0 N–H and O–H groups in total. The number of ketones is 1. The average molecular weight is 309 g/mol. The van der Waals surface area contributed by atoms with E-state index in [2.05, 4.69) is 15.9 Å². The van der Waals surface area contributed by atoms with Gasteiger partial charge in [-0.05, 0) is 25.0 Å². The molecule has 0 fully saturated rings. The number of carbonyl (C=O) groups is 1. The van der Waals surface area contributed by atoms with E-state index in [0.29, 0.717) is 5.56 Å². The van der Waals surface area contributed by atoms with Gasteiger partial charge in [-0.3, -0.25) is 4.79 Å². The second-order valence-electron chi connectivity index (χ2n) is 3.80. The Hall–Kier alpha value is -0.840. The molecular weight excluding hydrogens is 297 g/mol. The van der Waals surface area contributed by atoms with Crippen LogP contribution in [0.1, 0.15) is 35.2 Å². The Morgan fingerprint density at radius 1 is 1.35 bits per heavy atom. The van der Waals surface area contributed by atoms with Crippen LogP contribution in [-0.4, -0.2) is 12.0 Å². The highest BCUT2D eigenvalue weighted by Crippen LogP contribution is 2.24. The summed E-state index contributed by atoms with van der Waals surface area (Å²) in [7, 11) is 0. The topological polar surface area (TPSA) is 17.1 Å². The van der Waals surface area contributed by atoms with Gasteiger partial charge < -0.3 is 0 Å².